The summed E-state index contributed by atoms with van der Waals surface area (Å²) in [4.78, 5) is 29.2. The van der Waals surface area contributed by atoms with Crippen LogP contribution < -0.4 is 0 Å². The van der Waals surface area contributed by atoms with Crippen molar-refractivity contribution in [2.45, 2.75) is 58.4 Å². The van der Waals surface area contributed by atoms with E-state index in [1.165, 1.54) is 5.69 Å². The first-order valence-electron chi connectivity index (χ1n) is 10.1. The van der Waals surface area contributed by atoms with Crippen LogP contribution in [0.3, 0.4) is 0 Å². The summed E-state index contributed by atoms with van der Waals surface area (Å²) >= 11 is 0. The number of carbonyl (C=O) groups excluding carboxylic acids is 2. The fraction of sp³-hybridized carbons (Fsp3) is 0.714. The molecule has 144 valence electrons. The zero-order valence-electron chi connectivity index (χ0n) is 16.5. The number of rotatable bonds is 6. The highest BCUT2D eigenvalue weighted by Crippen LogP contribution is 2.32. The van der Waals surface area contributed by atoms with E-state index < -0.39 is 0 Å². The van der Waals surface area contributed by atoms with Gasteiger partial charge < -0.3 is 14.4 Å². The summed E-state index contributed by atoms with van der Waals surface area (Å²) in [5.41, 5.74) is 1.20. The Labute approximate surface area is 157 Å². The normalized spacial score (nSPS) is 23.5. The van der Waals surface area contributed by atoms with Gasteiger partial charge in [-0.3, -0.25) is 9.59 Å². The molecule has 26 heavy (non-hydrogen) atoms. The lowest BCUT2D eigenvalue weighted by atomic mass is 9.83. The van der Waals surface area contributed by atoms with E-state index in [4.69, 9.17) is 0 Å². The molecule has 5 nitrogen and oxygen atoms in total. The van der Waals surface area contributed by atoms with Crippen molar-refractivity contribution in [1.29, 1.82) is 0 Å². The maximum Gasteiger partial charge on any atom is 0.222 e. The predicted molar refractivity (Wildman–Crippen MR) is 103 cm³/mol. The zero-order chi connectivity index (χ0) is 18.7. The second kappa shape index (κ2) is 8.28. The van der Waals surface area contributed by atoms with Crippen LogP contribution >= 0.6 is 0 Å². The van der Waals surface area contributed by atoms with Gasteiger partial charge in [0.05, 0.1) is 0 Å². The summed E-state index contributed by atoms with van der Waals surface area (Å²) in [7, 11) is 2.02. The van der Waals surface area contributed by atoms with E-state index in [0.29, 0.717) is 36.6 Å². The minimum absolute atomic E-state index is 0.260. The monoisotopic (exact) mass is 359 g/mol. The smallest absolute Gasteiger partial charge is 0.222 e. The highest BCUT2D eigenvalue weighted by molar-refractivity contribution is 5.78. The Morgan fingerprint density at radius 2 is 2.12 bits per heavy atom. The highest BCUT2D eigenvalue weighted by Gasteiger charge is 2.39. The molecule has 3 heterocycles. The van der Waals surface area contributed by atoms with Gasteiger partial charge in [-0.1, -0.05) is 13.8 Å². The zero-order valence-corrected chi connectivity index (χ0v) is 16.5. The largest absolute Gasteiger partial charge is 0.354 e. The molecule has 2 atom stereocenters. The first kappa shape index (κ1) is 19.0. The number of aromatic nitrogens is 1. The third-order valence-electron chi connectivity index (χ3n) is 6.09. The van der Waals surface area contributed by atoms with Gasteiger partial charge in [0.15, 0.2) is 0 Å². The summed E-state index contributed by atoms with van der Waals surface area (Å²) < 4.78 is 2.08. The molecular formula is C21H33N3O2. The van der Waals surface area contributed by atoms with Crippen LogP contribution in [0.4, 0.5) is 0 Å². The summed E-state index contributed by atoms with van der Waals surface area (Å²) in [6, 6.07) is 4.45. The van der Waals surface area contributed by atoms with E-state index in [2.05, 4.69) is 29.4 Å². The molecule has 0 aliphatic carbocycles. The third-order valence-corrected chi connectivity index (χ3v) is 6.09. The van der Waals surface area contributed by atoms with Gasteiger partial charge in [-0.05, 0) is 49.7 Å². The van der Waals surface area contributed by atoms with E-state index in [0.717, 1.165) is 45.3 Å². The van der Waals surface area contributed by atoms with Gasteiger partial charge in [0, 0.05) is 57.5 Å². The van der Waals surface area contributed by atoms with Gasteiger partial charge in [-0.2, -0.15) is 0 Å². The maximum atomic E-state index is 12.7. The number of likely N-dealkylation sites (tertiary alicyclic amines) is 2. The molecule has 1 aromatic heterocycles. The molecule has 2 fully saturated rings. The van der Waals surface area contributed by atoms with Crippen LogP contribution in [0, 0.1) is 11.8 Å². The second-order valence-electron chi connectivity index (χ2n) is 8.37. The molecule has 0 bridgehead atoms. The molecule has 2 saturated heterocycles. The lowest BCUT2D eigenvalue weighted by Crippen LogP contribution is -2.57. The van der Waals surface area contributed by atoms with Crippen LogP contribution in [0.15, 0.2) is 18.3 Å². The topological polar surface area (TPSA) is 45.6 Å². The predicted octanol–water partition coefficient (Wildman–Crippen LogP) is 2.84. The summed E-state index contributed by atoms with van der Waals surface area (Å²) in [5.74, 6) is 1.64. The van der Waals surface area contributed by atoms with E-state index in [9.17, 15) is 9.59 Å². The van der Waals surface area contributed by atoms with Crippen LogP contribution in [0.1, 0.15) is 51.6 Å². The van der Waals surface area contributed by atoms with Crippen molar-refractivity contribution in [3.05, 3.63) is 24.0 Å². The van der Waals surface area contributed by atoms with Crippen molar-refractivity contribution in [2.75, 3.05) is 19.6 Å². The van der Waals surface area contributed by atoms with E-state index in [1.807, 2.05) is 24.2 Å². The molecule has 0 spiro atoms. The number of amides is 2. The van der Waals surface area contributed by atoms with E-state index >= 15 is 0 Å². The average Bonchev–Trinajstić information content (AvgIpc) is 3.03. The van der Waals surface area contributed by atoms with E-state index in [-0.39, 0.29) is 5.91 Å². The number of fused-ring (bicyclic) bond motifs is 1. The Balaban J connectivity index is 1.54. The first-order valence-corrected chi connectivity index (χ1v) is 10.1. The van der Waals surface area contributed by atoms with Crippen molar-refractivity contribution in [3.63, 3.8) is 0 Å². The molecule has 0 aromatic carbocycles. The third kappa shape index (κ3) is 4.30. The summed E-state index contributed by atoms with van der Waals surface area (Å²) in [6.07, 6.45) is 6.97. The number of nitrogens with zero attached hydrogens (tertiary/aromatic N) is 3. The standard InChI is InChI=1S/C21H33N3O2/c1-16(2)10-14-24-19-11-13-23(15-17(19)6-8-21(24)26)20(25)9-7-18-5-4-12-22(18)3/h4-5,12,16-17,19H,6-11,13-15H2,1-3H3/t17-,19+/m0/s1. The van der Waals surface area contributed by atoms with Crippen LogP contribution in [-0.4, -0.2) is 51.9 Å². The SMILES string of the molecule is CC(C)CCN1C(=O)CC[C@H]2CN(C(=O)CCc3cccn3C)CC[C@H]21. The van der Waals surface area contributed by atoms with Crippen molar-refractivity contribution >= 4 is 11.8 Å². The molecule has 0 saturated carbocycles. The molecule has 2 aliphatic rings. The number of aryl methyl sites for hydroxylation is 2. The van der Waals surface area contributed by atoms with Gasteiger partial charge in [0.2, 0.25) is 11.8 Å². The Hall–Kier alpha value is -1.78. The first-order chi connectivity index (χ1) is 12.5. The van der Waals surface area contributed by atoms with Gasteiger partial charge in [-0.25, -0.2) is 0 Å². The Kier molecular flexibility index (Phi) is 6.05. The molecule has 3 rings (SSSR count). The summed E-state index contributed by atoms with van der Waals surface area (Å²) in [5, 5.41) is 0. The van der Waals surface area contributed by atoms with E-state index in [1.54, 1.807) is 0 Å². The number of hydrogen-bond donors (Lipinski definition) is 0. The maximum absolute atomic E-state index is 12.7. The van der Waals surface area contributed by atoms with Crippen molar-refractivity contribution in [3.8, 4) is 0 Å². The summed E-state index contributed by atoms with van der Waals surface area (Å²) in [6.45, 7) is 6.90. The molecule has 0 N–H and O–H groups in total. The highest BCUT2D eigenvalue weighted by atomic mass is 16.2. The number of carbonyl (C=O) groups is 2. The fourth-order valence-corrected chi connectivity index (χ4v) is 4.41. The minimum Gasteiger partial charge on any atom is -0.354 e. The Bertz CT molecular complexity index is 637. The number of piperidine rings is 2. The van der Waals surface area contributed by atoms with Gasteiger partial charge in [-0.15, -0.1) is 0 Å². The van der Waals surface area contributed by atoms with Gasteiger partial charge in [0.1, 0.15) is 0 Å². The van der Waals surface area contributed by atoms with Crippen LogP contribution in [-0.2, 0) is 23.1 Å². The lowest BCUT2D eigenvalue weighted by Gasteiger charge is -2.47. The minimum atomic E-state index is 0.260. The molecule has 0 radical (unpaired) electrons. The van der Waals surface area contributed by atoms with Gasteiger partial charge >= 0.3 is 0 Å². The van der Waals surface area contributed by atoms with Crippen LogP contribution in [0.2, 0.25) is 0 Å². The molecule has 0 unspecified atom stereocenters. The van der Waals surface area contributed by atoms with Crippen molar-refractivity contribution in [2.24, 2.45) is 18.9 Å². The molecule has 1 aromatic rings. The van der Waals surface area contributed by atoms with Crippen LogP contribution in [0.25, 0.3) is 0 Å². The van der Waals surface area contributed by atoms with Crippen molar-refractivity contribution < 1.29 is 9.59 Å². The molecule has 5 heteroatoms. The second-order valence-corrected chi connectivity index (χ2v) is 8.37. The Morgan fingerprint density at radius 1 is 1.31 bits per heavy atom. The Morgan fingerprint density at radius 3 is 2.81 bits per heavy atom. The average molecular weight is 360 g/mol. The quantitative estimate of drug-likeness (QED) is 0.784. The molecular weight excluding hydrogens is 326 g/mol. The molecule has 2 aliphatic heterocycles. The fourth-order valence-electron chi connectivity index (χ4n) is 4.41. The van der Waals surface area contributed by atoms with Crippen molar-refractivity contribution in [1.82, 2.24) is 14.4 Å². The molecule has 2 amide bonds. The number of hydrogen-bond acceptors (Lipinski definition) is 2. The lowest BCUT2D eigenvalue weighted by molar-refractivity contribution is -0.144. The van der Waals surface area contributed by atoms with Crippen LogP contribution in [0.5, 0.6) is 0 Å². The van der Waals surface area contributed by atoms with Gasteiger partial charge in [0.25, 0.3) is 0 Å².